The number of nitrogens with one attached hydrogen (secondary N) is 1. The summed E-state index contributed by atoms with van der Waals surface area (Å²) in [5.41, 5.74) is 1.34. The van der Waals surface area contributed by atoms with Crippen LogP contribution >= 0.6 is 0 Å². The molecule has 3 aliphatic heterocycles. The number of nitrogens with zero attached hydrogens (tertiary/aromatic N) is 2. The first-order valence-corrected chi connectivity index (χ1v) is 11.1. The lowest BCUT2D eigenvalue weighted by atomic mass is 9.94. The number of carbonyl (C=O) groups is 3. The first-order valence-electron chi connectivity index (χ1n) is 11.1. The second-order valence-electron chi connectivity index (χ2n) is 9.21. The number of hydrogen-bond acceptors (Lipinski definition) is 4. The average Bonchev–Trinajstić information content (AvgIpc) is 3.22. The van der Waals surface area contributed by atoms with E-state index in [1.165, 1.54) is 24.2 Å². The van der Waals surface area contributed by atoms with E-state index in [-0.39, 0.29) is 29.8 Å². The van der Waals surface area contributed by atoms with Crippen LogP contribution in [0, 0.1) is 0 Å². The molecule has 2 atom stereocenters. The molecule has 1 aromatic rings. The molecular weight excluding hydrogens is 366 g/mol. The number of amides is 3. The molecule has 5 rings (SSSR count). The smallest absolute Gasteiger partial charge is 0.261 e. The van der Waals surface area contributed by atoms with Crippen LogP contribution in [0.1, 0.15) is 88.9 Å². The Morgan fingerprint density at radius 3 is 2.31 bits per heavy atom. The van der Waals surface area contributed by atoms with Gasteiger partial charge < -0.3 is 10.2 Å². The van der Waals surface area contributed by atoms with Crippen LogP contribution in [0.4, 0.5) is 0 Å². The fourth-order valence-electron chi connectivity index (χ4n) is 5.78. The monoisotopic (exact) mass is 395 g/mol. The lowest BCUT2D eigenvalue weighted by Gasteiger charge is -2.35. The fraction of sp³-hybridized carbons (Fsp3) is 0.609. The third-order valence-corrected chi connectivity index (χ3v) is 7.42. The molecule has 0 radical (unpaired) electrons. The van der Waals surface area contributed by atoms with E-state index >= 15 is 0 Å². The third kappa shape index (κ3) is 3.18. The Labute approximate surface area is 171 Å². The van der Waals surface area contributed by atoms with Crippen molar-refractivity contribution in [2.45, 2.75) is 82.0 Å². The maximum atomic E-state index is 13.1. The topological polar surface area (TPSA) is 69.7 Å². The van der Waals surface area contributed by atoms with E-state index in [4.69, 9.17) is 0 Å². The van der Waals surface area contributed by atoms with E-state index in [0.717, 1.165) is 38.5 Å². The van der Waals surface area contributed by atoms with Crippen molar-refractivity contribution < 1.29 is 14.4 Å². The van der Waals surface area contributed by atoms with Gasteiger partial charge in [-0.15, -0.1) is 0 Å². The summed E-state index contributed by atoms with van der Waals surface area (Å²) in [7, 11) is 1.87. The Hall–Kier alpha value is -2.21. The van der Waals surface area contributed by atoms with Gasteiger partial charge in [0.15, 0.2) is 0 Å². The highest BCUT2D eigenvalue weighted by atomic mass is 16.2. The van der Waals surface area contributed by atoms with Crippen molar-refractivity contribution in [3.63, 3.8) is 0 Å². The molecule has 2 unspecified atom stereocenters. The number of piperidine rings is 1. The Morgan fingerprint density at radius 2 is 1.62 bits per heavy atom. The van der Waals surface area contributed by atoms with Crippen molar-refractivity contribution in [2.75, 3.05) is 7.05 Å². The molecule has 29 heavy (non-hydrogen) atoms. The van der Waals surface area contributed by atoms with Gasteiger partial charge in [-0.05, 0) is 56.7 Å². The van der Waals surface area contributed by atoms with Gasteiger partial charge in [0.1, 0.15) is 0 Å². The molecule has 154 valence electrons. The Kier molecular flexibility index (Phi) is 4.69. The zero-order valence-electron chi connectivity index (χ0n) is 17.0. The van der Waals surface area contributed by atoms with Gasteiger partial charge in [0.25, 0.3) is 17.7 Å². The molecule has 6 heteroatoms. The molecule has 0 spiro atoms. The van der Waals surface area contributed by atoms with Crippen LogP contribution in [0.5, 0.6) is 0 Å². The minimum absolute atomic E-state index is 0.00295. The highest BCUT2D eigenvalue weighted by Gasteiger charge is 2.41. The summed E-state index contributed by atoms with van der Waals surface area (Å²) in [5, 5.41) is 3.61. The summed E-state index contributed by atoms with van der Waals surface area (Å²) in [5.74, 6) is -0.483. The van der Waals surface area contributed by atoms with E-state index in [0.29, 0.717) is 28.8 Å². The van der Waals surface area contributed by atoms with Gasteiger partial charge >= 0.3 is 0 Å². The Balaban J connectivity index is 1.36. The number of rotatable bonds is 3. The van der Waals surface area contributed by atoms with Gasteiger partial charge in [-0.2, -0.15) is 0 Å². The van der Waals surface area contributed by atoms with Crippen LogP contribution in [0.25, 0.3) is 0 Å². The highest BCUT2D eigenvalue weighted by molar-refractivity contribution is 6.22. The molecule has 3 fully saturated rings. The predicted octanol–water partition coefficient (Wildman–Crippen LogP) is 2.97. The molecule has 0 aromatic heterocycles. The fourth-order valence-corrected chi connectivity index (χ4v) is 5.78. The maximum absolute atomic E-state index is 13.1. The number of hydrogen-bond donors (Lipinski definition) is 1. The summed E-state index contributed by atoms with van der Waals surface area (Å²) in [6.45, 7) is 0. The van der Waals surface area contributed by atoms with Gasteiger partial charge in [0, 0.05) is 36.8 Å². The summed E-state index contributed by atoms with van der Waals surface area (Å²) in [6.07, 6.45) is 9.41. The van der Waals surface area contributed by atoms with E-state index in [1.807, 2.05) is 11.9 Å². The van der Waals surface area contributed by atoms with Crippen molar-refractivity contribution in [3.05, 3.63) is 34.9 Å². The van der Waals surface area contributed by atoms with Crippen molar-refractivity contribution in [3.8, 4) is 0 Å². The number of fused-ring (bicyclic) bond motifs is 3. The van der Waals surface area contributed by atoms with Gasteiger partial charge in [0.2, 0.25) is 0 Å². The predicted molar refractivity (Wildman–Crippen MR) is 109 cm³/mol. The normalized spacial score (nSPS) is 29.3. The molecule has 2 saturated heterocycles. The summed E-state index contributed by atoms with van der Waals surface area (Å²) < 4.78 is 0. The first kappa shape index (κ1) is 18.8. The molecule has 1 N–H and O–H groups in total. The Bertz CT molecular complexity index is 849. The van der Waals surface area contributed by atoms with Crippen LogP contribution < -0.4 is 5.32 Å². The molecule has 1 aliphatic carbocycles. The van der Waals surface area contributed by atoms with Crippen molar-refractivity contribution in [1.82, 2.24) is 15.1 Å². The van der Waals surface area contributed by atoms with Gasteiger partial charge in [-0.1, -0.05) is 19.3 Å². The quantitative estimate of drug-likeness (QED) is 0.799. The average molecular weight is 396 g/mol. The molecular formula is C23H29N3O3. The molecule has 6 nitrogen and oxygen atoms in total. The minimum Gasteiger partial charge on any atom is -0.339 e. The maximum Gasteiger partial charge on any atom is 0.261 e. The van der Waals surface area contributed by atoms with Crippen LogP contribution in [-0.2, 0) is 0 Å². The zero-order valence-corrected chi connectivity index (χ0v) is 17.0. The molecule has 3 heterocycles. The number of imide groups is 1. The van der Waals surface area contributed by atoms with Crippen LogP contribution in [0.3, 0.4) is 0 Å². The van der Waals surface area contributed by atoms with Crippen LogP contribution in [0.2, 0.25) is 0 Å². The minimum atomic E-state index is -0.228. The van der Waals surface area contributed by atoms with Gasteiger partial charge in [0.05, 0.1) is 11.1 Å². The van der Waals surface area contributed by atoms with Gasteiger partial charge in [-0.3, -0.25) is 19.3 Å². The second-order valence-corrected chi connectivity index (χ2v) is 9.21. The van der Waals surface area contributed by atoms with Crippen LogP contribution in [-0.4, -0.2) is 58.7 Å². The zero-order chi connectivity index (χ0) is 20.1. The molecule has 2 bridgehead atoms. The summed E-state index contributed by atoms with van der Waals surface area (Å²) >= 11 is 0. The lowest BCUT2D eigenvalue weighted by Crippen LogP contribution is -2.48. The van der Waals surface area contributed by atoms with Crippen molar-refractivity contribution in [1.29, 1.82) is 0 Å². The molecule has 1 aromatic carbocycles. The summed E-state index contributed by atoms with van der Waals surface area (Å²) in [4.78, 5) is 42.3. The first-order chi connectivity index (χ1) is 14.0. The lowest BCUT2D eigenvalue weighted by molar-refractivity contribution is 0.0548. The molecule has 4 aliphatic rings. The van der Waals surface area contributed by atoms with E-state index in [2.05, 4.69) is 5.32 Å². The van der Waals surface area contributed by atoms with E-state index in [1.54, 1.807) is 18.2 Å². The molecule has 1 saturated carbocycles. The second kappa shape index (κ2) is 7.24. The summed E-state index contributed by atoms with van der Waals surface area (Å²) in [6, 6.07) is 6.28. The number of carbonyl (C=O) groups excluding carboxylic acids is 3. The van der Waals surface area contributed by atoms with Crippen molar-refractivity contribution in [2.24, 2.45) is 0 Å². The van der Waals surface area contributed by atoms with Crippen molar-refractivity contribution >= 4 is 17.7 Å². The standard InChI is InChI=1S/C23H29N3O3/c1-25(18-12-15-8-9-16(13-18)24-15)21(27)14-7-10-19-20(11-14)23(29)26(22(19)28)17-5-3-2-4-6-17/h7,10-11,15-18,24H,2-6,8-9,12-13H2,1H3. The SMILES string of the molecule is CN(C(=O)c1ccc2c(c1)C(=O)N(C1CCCCC1)C2=O)C1CC2CCC(C1)N2. The third-order valence-electron chi connectivity index (χ3n) is 7.42. The van der Waals surface area contributed by atoms with E-state index in [9.17, 15) is 14.4 Å². The highest BCUT2D eigenvalue weighted by Crippen LogP contribution is 2.33. The molecule has 3 amide bonds. The number of benzene rings is 1. The van der Waals surface area contributed by atoms with E-state index < -0.39 is 0 Å². The largest absolute Gasteiger partial charge is 0.339 e. The Morgan fingerprint density at radius 1 is 0.966 bits per heavy atom. The van der Waals surface area contributed by atoms with Crippen LogP contribution in [0.15, 0.2) is 18.2 Å². The van der Waals surface area contributed by atoms with Gasteiger partial charge in [-0.25, -0.2) is 0 Å².